The van der Waals surface area contributed by atoms with Crippen LogP contribution in [0, 0.1) is 19.8 Å². The lowest BCUT2D eigenvalue weighted by Crippen LogP contribution is -2.39. The van der Waals surface area contributed by atoms with Crippen molar-refractivity contribution in [3.05, 3.63) is 29.3 Å². The SMILES string of the molecule is Cc1ccc(N(CCNC(=O)C(C)C)S(C)(=O)=O)c(C)c1. The van der Waals surface area contributed by atoms with Crippen molar-refractivity contribution in [3.8, 4) is 0 Å². The van der Waals surface area contributed by atoms with Gasteiger partial charge in [-0.15, -0.1) is 0 Å². The first-order valence-electron chi connectivity index (χ1n) is 6.95. The van der Waals surface area contributed by atoms with Crippen LogP contribution in [0.4, 0.5) is 5.69 Å². The summed E-state index contributed by atoms with van der Waals surface area (Å²) in [5.74, 6) is -0.193. The van der Waals surface area contributed by atoms with Gasteiger partial charge in [0.05, 0.1) is 18.5 Å². The summed E-state index contributed by atoms with van der Waals surface area (Å²) in [6, 6.07) is 5.63. The van der Waals surface area contributed by atoms with Crippen LogP contribution in [0.3, 0.4) is 0 Å². The van der Waals surface area contributed by atoms with E-state index in [-0.39, 0.29) is 24.9 Å². The van der Waals surface area contributed by atoms with Gasteiger partial charge in [-0.1, -0.05) is 31.5 Å². The maximum atomic E-state index is 12.0. The van der Waals surface area contributed by atoms with E-state index in [0.717, 1.165) is 11.1 Å². The van der Waals surface area contributed by atoms with Crippen LogP contribution in [0.1, 0.15) is 25.0 Å². The van der Waals surface area contributed by atoms with Crippen LogP contribution in [-0.2, 0) is 14.8 Å². The van der Waals surface area contributed by atoms with Crippen molar-refractivity contribution in [1.82, 2.24) is 5.32 Å². The molecule has 5 nitrogen and oxygen atoms in total. The minimum Gasteiger partial charge on any atom is -0.354 e. The molecule has 0 spiro atoms. The smallest absolute Gasteiger partial charge is 0.232 e. The zero-order valence-corrected chi connectivity index (χ0v) is 14.1. The number of anilines is 1. The van der Waals surface area contributed by atoms with Crippen molar-refractivity contribution >= 4 is 21.6 Å². The van der Waals surface area contributed by atoms with Gasteiger partial charge in [0.2, 0.25) is 15.9 Å². The molecule has 1 N–H and O–H groups in total. The fourth-order valence-corrected chi connectivity index (χ4v) is 3.02. The molecular weight excluding hydrogens is 288 g/mol. The van der Waals surface area contributed by atoms with Crippen LogP contribution < -0.4 is 9.62 Å². The Morgan fingerprint density at radius 1 is 1.29 bits per heavy atom. The van der Waals surface area contributed by atoms with Gasteiger partial charge in [-0.3, -0.25) is 9.10 Å². The second kappa shape index (κ2) is 6.93. The fourth-order valence-electron chi connectivity index (χ4n) is 2.03. The lowest BCUT2D eigenvalue weighted by atomic mass is 10.1. The van der Waals surface area contributed by atoms with Crippen molar-refractivity contribution in [2.45, 2.75) is 27.7 Å². The number of carbonyl (C=O) groups excluding carboxylic acids is 1. The molecule has 0 aliphatic heterocycles. The number of nitrogens with zero attached hydrogens (tertiary/aromatic N) is 1. The van der Waals surface area contributed by atoms with Crippen LogP contribution in [0.5, 0.6) is 0 Å². The number of sulfonamides is 1. The first-order valence-corrected chi connectivity index (χ1v) is 8.80. The molecule has 0 aromatic heterocycles. The van der Waals surface area contributed by atoms with Crippen LogP contribution in [-0.4, -0.2) is 33.7 Å². The molecule has 0 aliphatic rings. The zero-order valence-electron chi connectivity index (χ0n) is 13.3. The lowest BCUT2D eigenvalue weighted by Gasteiger charge is -2.24. The Labute approximate surface area is 127 Å². The standard InChI is InChI=1S/C15H24N2O3S/c1-11(2)15(18)16-8-9-17(21(5,19)20)14-7-6-12(3)10-13(14)4/h6-7,10-11H,8-9H2,1-5H3,(H,16,18). The number of benzene rings is 1. The Bertz CT molecular complexity index is 609. The molecule has 1 rings (SSSR count). The van der Waals surface area contributed by atoms with Crippen LogP contribution in [0.2, 0.25) is 0 Å². The zero-order chi connectivity index (χ0) is 16.2. The summed E-state index contributed by atoms with van der Waals surface area (Å²) in [5.41, 5.74) is 2.63. The highest BCUT2D eigenvalue weighted by molar-refractivity contribution is 7.92. The van der Waals surface area contributed by atoms with Gasteiger partial charge in [0.15, 0.2) is 0 Å². The Balaban J connectivity index is 2.90. The van der Waals surface area contributed by atoms with Crippen LogP contribution >= 0.6 is 0 Å². The van der Waals surface area contributed by atoms with Gasteiger partial charge in [-0.25, -0.2) is 8.42 Å². The fraction of sp³-hybridized carbons (Fsp3) is 0.533. The number of nitrogens with one attached hydrogen (secondary N) is 1. The predicted octanol–water partition coefficient (Wildman–Crippen LogP) is 1.84. The van der Waals surface area contributed by atoms with Gasteiger partial charge in [0.25, 0.3) is 0 Å². The van der Waals surface area contributed by atoms with E-state index in [1.807, 2.05) is 26.0 Å². The third kappa shape index (κ3) is 5.04. The Morgan fingerprint density at radius 3 is 2.38 bits per heavy atom. The summed E-state index contributed by atoms with van der Waals surface area (Å²) in [7, 11) is -3.39. The predicted molar refractivity (Wildman–Crippen MR) is 86.0 cm³/mol. The second-order valence-electron chi connectivity index (χ2n) is 5.57. The molecule has 0 unspecified atom stereocenters. The number of amides is 1. The first kappa shape index (κ1) is 17.5. The lowest BCUT2D eigenvalue weighted by molar-refractivity contribution is -0.123. The molecular formula is C15H24N2O3S. The molecule has 6 heteroatoms. The van der Waals surface area contributed by atoms with E-state index in [1.165, 1.54) is 10.6 Å². The Kier molecular flexibility index (Phi) is 5.78. The highest BCUT2D eigenvalue weighted by atomic mass is 32.2. The molecule has 0 saturated heterocycles. The topological polar surface area (TPSA) is 66.5 Å². The number of hydrogen-bond acceptors (Lipinski definition) is 3. The van der Waals surface area contributed by atoms with E-state index < -0.39 is 10.0 Å². The van der Waals surface area contributed by atoms with Gasteiger partial charge >= 0.3 is 0 Å². The van der Waals surface area contributed by atoms with Crippen molar-refractivity contribution < 1.29 is 13.2 Å². The molecule has 21 heavy (non-hydrogen) atoms. The third-order valence-electron chi connectivity index (χ3n) is 3.16. The van der Waals surface area contributed by atoms with Crippen molar-refractivity contribution in [2.75, 3.05) is 23.7 Å². The van der Waals surface area contributed by atoms with Gasteiger partial charge in [0.1, 0.15) is 0 Å². The largest absolute Gasteiger partial charge is 0.354 e. The minimum absolute atomic E-state index is 0.0796. The van der Waals surface area contributed by atoms with Gasteiger partial charge in [0, 0.05) is 12.5 Å². The summed E-state index contributed by atoms with van der Waals surface area (Å²) in [6.07, 6.45) is 1.18. The Morgan fingerprint density at radius 2 is 1.90 bits per heavy atom. The molecule has 0 atom stereocenters. The quantitative estimate of drug-likeness (QED) is 0.871. The summed E-state index contributed by atoms with van der Waals surface area (Å²) in [4.78, 5) is 11.5. The van der Waals surface area contributed by atoms with Crippen LogP contribution in [0.15, 0.2) is 18.2 Å². The number of rotatable bonds is 6. The minimum atomic E-state index is -3.39. The van der Waals surface area contributed by atoms with E-state index in [1.54, 1.807) is 19.9 Å². The van der Waals surface area contributed by atoms with Crippen molar-refractivity contribution in [2.24, 2.45) is 5.92 Å². The molecule has 0 bridgehead atoms. The molecule has 0 heterocycles. The normalized spacial score (nSPS) is 11.5. The summed E-state index contributed by atoms with van der Waals surface area (Å²) >= 11 is 0. The third-order valence-corrected chi connectivity index (χ3v) is 4.34. The monoisotopic (exact) mass is 312 g/mol. The molecule has 1 aromatic carbocycles. The highest BCUT2D eigenvalue weighted by Gasteiger charge is 2.19. The van der Waals surface area contributed by atoms with Crippen molar-refractivity contribution in [1.29, 1.82) is 0 Å². The Hall–Kier alpha value is -1.56. The number of aryl methyl sites for hydroxylation is 2. The first-order chi connectivity index (χ1) is 9.62. The maximum Gasteiger partial charge on any atom is 0.232 e. The summed E-state index contributed by atoms with van der Waals surface area (Å²) in [6.45, 7) is 7.96. The van der Waals surface area contributed by atoms with E-state index in [0.29, 0.717) is 5.69 Å². The molecule has 0 radical (unpaired) electrons. The number of hydrogen-bond donors (Lipinski definition) is 1. The summed E-state index contributed by atoms with van der Waals surface area (Å²) < 4.78 is 25.3. The van der Waals surface area contributed by atoms with Gasteiger partial charge in [-0.05, 0) is 25.5 Å². The molecule has 0 saturated carbocycles. The highest BCUT2D eigenvalue weighted by Crippen LogP contribution is 2.23. The number of carbonyl (C=O) groups is 1. The second-order valence-corrected chi connectivity index (χ2v) is 7.48. The molecule has 0 aliphatic carbocycles. The average molecular weight is 312 g/mol. The van der Waals surface area contributed by atoms with E-state index in [9.17, 15) is 13.2 Å². The van der Waals surface area contributed by atoms with Crippen molar-refractivity contribution in [3.63, 3.8) is 0 Å². The van der Waals surface area contributed by atoms with Gasteiger partial charge in [-0.2, -0.15) is 0 Å². The summed E-state index contributed by atoms with van der Waals surface area (Å²) in [5, 5.41) is 2.74. The van der Waals surface area contributed by atoms with Gasteiger partial charge < -0.3 is 5.32 Å². The maximum absolute atomic E-state index is 12.0. The average Bonchev–Trinajstić information content (AvgIpc) is 2.34. The van der Waals surface area contributed by atoms with E-state index >= 15 is 0 Å². The molecule has 1 amide bonds. The van der Waals surface area contributed by atoms with E-state index in [2.05, 4.69) is 5.32 Å². The van der Waals surface area contributed by atoms with Crippen LogP contribution in [0.25, 0.3) is 0 Å². The molecule has 0 fully saturated rings. The van der Waals surface area contributed by atoms with E-state index in [4.69, 9.17) is 0 Å². The molecule has 118 valence electrons. The molecule has 1 aromatic rings.